The van der Waals surface area contributed by atoms with E-state index >= 15 is 0 Å². The van der Waals surface area contributed by atoms with Gasteiger partial charge in [-0.1, -0.05) is 13.0 Å². The number of hydrogen-bond acceptors (Lipinski definition) is 2. The van der Waals surface area contributed by atoms with Crippen molar-refractivity contribution < 1.29 is 8.78 Å². The molecule has 0 amide bonds. The van der Waals surface area contributed by atoms with E-state index in [0.29, 0.717) is 12.1 Å². The predicted octanol–water partition coefficient (Wildman–Crippen LogP) is 4.44. The molecular weight excluding hydrogens is 264 g/mol. The van der Waals surface area contributed by atoms with Crippen LogP contribution in [0.25, 0.3) is 0 Å². The topological polar surface area (TPSA) is 12.0 Å². The summed E-state index contributed by atoms with van der Waals surface area (Å²) in [5.74, 6) is -1.04. The Labute approximate surface area is 116 Å². The summed E-state index contributed by atoms with van der Waals surface area (Å²) in [4.78, 5) is 2.58. The summed E-state index contributed by atoms with van der Waals surface area (Å²) in [6, 6.07) is 8.07. The molecule has 0 radical (unpaired) electrons. The van der Waals surface area contributed by atoms with Gasteiger partial charge in [0.2, 0.25) is 0 Å². The van der Waals surface area contributed by atoms with Crippen LogP contribution in [0.2, 0.25) is 0 Å². The molecule has 1 unspecified atom stereocenters. The fourth-order valence-corrected chi connectivity index (χ4v) is 2.83. The van der Waals surface area contributed by atoms with E-state index < -0.39 is 11.6 Å². The van der Waals surface area contributed by atoms with Crippen LogP contribution in [0.15, 0.2) is 30.3 Å². The summed E-state index contributed by atoms with van der Waals surface area (Å²) in [5, 5.41) is 3.26. The first-order valence-corrected chi connectivity index (χ1v) is 7.17. The van der Waals surface area contributed by atoms with E-state index in [1.54, 1.807) is 11.3 Å². The zero-order valence-corrected chi connectivity index (χ0v) is 11.9. The number of rotatable bonds is 5. The van der Waals surface area contributed by atoms with Gasteiger partial charge in [-0.2, -0.15) is 0 Å². The van der Waals surface area contributed by atoms with Crippen LogP contribution in [0.1, 0.15) is 35.2 Å². The molecule has 0 spiro atoms. The first-order chi connectivity index (χ1) is 9.10. The lowest BCUT2D eigenvalue weighted by Crippen LogP contribution is -2.18. The lowest BCUT2D eigenvalue weighted by Gasteiger charge is -2.12. The number of hydrogen-bond donors (Lipinski definition) is 1. The fourth-order valence-electron chi connectivity index (χ4n) is 1.85. The van der Waals surface area contributed by atoms with E-state index in [-0.39, 0.29) is 6.04 Å². The summed E-state index contributed by atoms with van der Waals surface area (Å²) in [5.41, 5.74) is 0.487. The molecule has 1 nitrogen and oxygen atoms in total. The van der Waals surface area contributed by atoms with Crippen LogP contribution in [0.4, 0.5) is 8.78 Å². The van der Waals surface area contributed by atoms with Crippen molar-refractivity contribution in [3.63, 3.8) is 0 Å². The average Bonchev–Trinajstić information content (AvgIpc) is 2.86. The average molecular weight is 281 g/mol. The molecule has 19 heavy (non-hydrogen) atoms. The van der Waals surface area contributed by atoms with Gasteiger partial charge in [-0.05, 0) is 31.5 Å². The van der Waals surface area contributed by atoms with Crippen molar-refractivity contribution in [1.29, 1.82) is 0 Å². The van der Waals surface area contributed by atoms with Crippen molar-refractivity contribution in [1.82, 2.24) is 5.32 Å². The lowest BCUT2D eigenvalue weighted by atomic mass is 10.2. The summed E-state index contributed by atoms with van der Waals surface area (Å²) >= 11 is 1.77. The third kappa shape index (κ3) is 3.61. The molecule has 1 heterocycles. The van der Waals surface area contributed by atoms with Gasteiger partial charge >= 0.3 is 0 Å². The Bertz CT molecular complexity index is 551. The minimum atomic E-state index is -0.542. The third-order valence-electron chi connectivity index (χ3n) is 3.07. The third-order valence-corrected chi connectivity index (χ3v) is 4.48. The Morgan fingerprint density at radius 3 is 2.63 bits per heavy atom. The monoisotopic (exact) mass is 281 g/mol. The van der Waals surface area contributed by atoms with Gasteiger partial charge in [-0.25, -0.2) is 8.78 Å². The fraction of sp³-hybridized carbons (Fsp3) is 0.333. The molecular formula is C15H17F2NS. The van der Waals surface area contributed by atoms with Crippen molar-refractivity contribution in [3.8, 4) is 0 Å². The number of aryl methyl sites for hydroxylation is 1. The number of halogens is 2. The molecule has 1 N–H and O–H groups in total. The van der Waals surface area contributed by atoms with Gasteiger partial charge in [0.15, 0.2) is 0 Å². The van der Waals surface area contributed by atoms with Gasteiger partial charge in [-0.15, -0.1) is 11.3 Å². The number of thiophene rings is 1. The van der Waals surface area contributed by atoms with Crippen molar-refractivity contribution >= 4 is 11.3 Å². The minimum Gasteiger partial charge on any atom is -0.305 e. The van der Waals surface area contributed by atoms with E-state index in [9.17, 15) is 8.78 Å². The lowest BCUT2D eigenvalue weighted by molar-refractivity contribution is 0.537. The first-order valence-electron chi connectivity index (χ1n) is 6.36. The van der Waals surface area contributed by atoms with E-state index in [4.69, 9.17) is 0 Å². The molecule has 0 fully saturated rings. The summed E-state index contributed by atoms with van der Waals surface area (Å²) < 4.78 is 26.3. The van der Waals surface area contributed by atoms with Gasteiger partial charge in [0.05, 0.1) is 0 Å². The molecule has 0 saturated carbocycles. The Balaban J connectivity index is 1.98. The summed E-state index contributed by atoms with van der Waals surface area (Å²) in [7, 11) is 0. The Morgan fingerprint density at radius 2 is 2.00 bits per heavy atom. The molecule has 2 rings (SSSR count). The van der Waals surface area contributed by atoms with Crippen LogP contribution in [0, 0.1) is 11.6 Å². The highest BCUT2D eigenvalue weighted by Gasteiger charge is 2.09. The second-order valence-corrected chi connectivity index (χ2v) is 5.70. The minimum absolute atomic E-state index is 0.162. The van der Waals surface area contributed by atoms with Crippen molar-refractivity contribution in [2.24, 2.45) is 0 Å². The van der Waals surface area contributed by atoms with Crippen LogP contribution in [0.5, 0.6) is 0 Å². The molecule has 0 aliphatic heterocycles. The highest BCUT2D eigenvalue weighted by atomic mass is 32.1. The van der Waals surface area contributed by atoms with Crippen molar-refractivity contribution in [2.45, 2.75) is 32.9 Å². The zero-order valence-electron chi connectivity index (χ0n) is 11.0. The normalized spacial score (nSPS) is 12.6. The quantitative estimate of drug-likeness (QED) is 0.854. The van der Waals surface area contributed by atoms with Gasteiger partial charge in [0, 0.05) is 34.0 Å². The summed E-state index contributed by atoms with van der Waals surface area (Å²) in [6.07, 6.45) is 1.03. The van der Waals surface area contributed by atoms with E-state index in [1.165, 1.54) is 21.9 Å². The molecule has 0 saturated heterocycles. The second kappa shape index (κ2) is 6.26. The van der Waals surface area contributed by atoms with Crippen molar-refractivity contribution in [2.75, 3.05) is 0 Å². The second-order valence-electron chi connectivity index (χ2n) is 4.50. The predicted molar refractivity (Wildman–Crippen MR) is 75.3 cm³/mol. The Morgan fingerprint density at radius 1 is 1.21 bits per heavy atom. The maximum absolute atomic E-state index is 13.5. The maximum Gasteiger partial charge on any atom is 0.130 e. The van der Waals surface area contributed by atoms with Crippen LogP contribution in [-0.4, -0.2) is 0 Å². The molecule has 1 aromatic carbocycles. The van der Waals surface area contributed by atoms with E-state index in [2.05, 4.69) is 24.4 Å². The van der Waals surface area contributed by atoms with Crippen molar-refractivity contribution in [3.05, 3.63) is 57.3 Å². The summed E-state index contributed by atoms with van der Waals surface area (Å²) in [6.45, 7) is 4.57. The highest BCUT2D eigenvalue weighted by molar-refractivity contribution is 7.12. The van der Waals surface area contributed by atoms with Crippen LogP contribution >= 0.6 is 11.3 Å². The molecule has 1 aromatic heterocycles. The van der Waals surface area contributed by atoms with Crippen LogP contribution < -0.4 is 5.32 Å². The van der Waals surface area contributed by atoms with Gasteiger partial charge in [-0.3, -0.25) is 0 Å². The number of benzene rings is 1. The molecule has 0 bridgehead atoms. The smallest absolute Gasteiger partial charge is 0.130 e. The number of nitrogens with one attached hydrogen (secondary N) is 1. The molecule has 1 atom stereocenters. The van der Waals surface area contributed by atoms with Crippen LogP contribution in [-0.2, 0) is 13.0 Å². The molecule has 102 valence electrons. The van der Waals surface area contributed by atoms with Crippen LogP contribution in [0.3, 0.4) is 0 Å². The van der Waals surface area contributed by atoms with Gasteiger partial charge < -0.3 is 5.32 Å². The molecule has 0 aliphatic carbocycles. The van der Waals surface area contributed by atoms with Gasteiger partial charge in [0.1, 0.15) is 11.6 Å². The maximum atomic E-state index is 13.5. The molecule has 0 aliphatic rings. The Hall–Kier alpha value is -1.26. The standard InChI is InChI=1S/C15H17F2NS/c1-3-13-6-7-15(19-13)10(2)18-9-11-4-5-12(16)8-14(11)17/h4-8,10,18H,3,9H2,1-2H3. The first kappa shape index (κ1) is 14.2. The van der Waals surface area contributed by atoms with Gasteiger partial charge in [0.25, 0.3) is 0 Å². The largest absolute Gasteiger partial charge is 0.305 e. The Kier molecular flexibility index (Phi) is 4.66. The molecule has 2 aromatic rings. The zero-order chi connectivity index (χ0) is 13.8. The molecule has 4 heteroatoms. The SMILES string of the molecule is CCc1ccc(C(C)NCc2ccc(F)cc2F)s1. The van der Waals surface area contributed by atoms with E-state index in [0.717, 1.165) is 12.5 Å². The highest BCUT2D eigenvalue weighted by Crippen LogP contribution is 2.23. The van der Waals surface area contributed by atoms with E-state index in [1.807, 2.05) is 6.92 Å².